The molecule has 0 bridgehead atoms. The van der Waals surface area contributed by atoms with Crippen LogP contribution in [0.15, 0.2) is 18.2 Å². The molecule has 22 heavy (non-hydrogen) atoms. The van der Waals surface area contributed by atoms with Crippen molar-refractivity contribution in [1.82, 2.24) is 0 Å². The summed E-state index contributed by atoms with van der Waals surface area (Å²) in [4.78, 5) is 0. The summed E-state index contributed by atoms with van der Waals surface area (Å²) in [6.07, 6.45) is 10.5. The highest BCUT2D eigenvalue weighted by Crippen LogP contribution is 2.22. The average Bonchev–Trinajstić information content (AvgIpc) is 2.54. The van der Waals surface area contributed by atoms with E-state index in [1.54, 1.807) is 12.1 Å². The molecule has 0 unspecified atom stereocenters. The van der Waals surface area contributed by atoms with Gasteiger partial charge in [-0.1, -0.05) is 44.9 Å². The van der Waals surface area contributed by atoms with E-state index in [4.69, 9.17) is 15.1 Å². The fourth-order valence-corrected chi connectivity index (χ4v) is 2.34. The number of nitrogens with zero attached hydrogens (tertiary/aromatic N) is 1. The molecular formula is C18H27NO3. The topological polar surface area (TPSA) is 73.5 Å². The summed E-state index contributed by atoms with van der Waals surface area (Å²) < 4.78 is 5.59. The minimum atomic E-state index is -0.00570. The number of hydrogen-bond donors (Lipinski definition) is 2. The highest BCUT2D eigenvalue weighted by atomic mass is 16.5. The molecule has 0 saturated carbocycles. The molecule has 0 heterocycles. The van der Waals surface area contributed by atoms with Gasteiger partial charge in [0.15, 0.2) is 0 Å². The van der Waals surface area contributed by atoms with E-state index in [1.807, 2.05) is 6.07 Å². The van der Waals surface area contributed by atoms with Crippen molar-refractivity contribution in [3.8, 4) is 17.6 Å². The van der Waals surface area contributed by atoms with Gasteiger partial charge in [-0.15, -0.1) is 0 Å². The van der Waals surface area contributed by atoms with Crippen LogP contribution in [0.3, 0.4) is 0 Å². The largest absolute Gasteiger partial charge is 0.507 e. The van der Waals surface area contributed by atoms with E-state index in [0.29, 0.717) is 19.0 Å². The molecule has 0 radical (unpaired) electrons. The smallest absolute Gasteiger partial charge is 0.133 e. The first kappa shape index (κ1) is 18.3. The van der Waals surface area contributed by atoms with Crippen LogP contribution in [-0.4, -0.2) is 23.4 Å². The Morgan fingerprint density at radius 1 is 0.909 bits per heavy atom. The van der Waals surface area contributed by atoms with Gasteiger partial charge in [-0.05, 0) is 25.0 Å². The molecule has 0 aliphatic rings. The molecule has 0 aliphatic carbocycles. The summed E-state index contributed by atoms with van der Waals surface area (Å²) in [5.74, 6) is 0.632. The Morgan fingerprint density at radius 3 is 2.09 bits per heavy atom. The van der Waals surface area contributed by atoms with Gasteiger partial charge in [-0.3, -0.25) is 0 Å². The van der Waals surface area contributed by atoms with Gasteiger partial charge < -0.3 is 14.9 Å². The molecular weight excluding hydrogens is 278 g/mol. The molecule has 4 heteroatoms. The highest BCUT2D eigenvalue weighted by Gasteiger charge is 2.02. The van der Waals surface area contributed by atoms with Gasteiger partial charge >= 0.3 is 0 Å². The van der Waals surface area contributed by atoms with Crippen molar-refractivity contribution in [2.75, 3.05) is 13.2 Å². The van der Waals surface area contributed by atoms with Gasteiger partial charge in [0.25, 0.3) is 0 Å². The molecule has 0 fully saturated rings. The molecule has 122 valence electrons. The first-order valence-electron chi connectivity index (χ1n) is 8.24. The van der Waals surface area contributed by atoms with Crippen molar-refractivity contribution in [1.29, 1.82) is 5.26 Å². The summed E-state index contributed by atoms with van der Waals surface area (Å²) in [6, 6.07) is 6.68. The van der Waals surface area contributed by atoms with Crippen molar-refractivity contribution in [2.45, 2.75) is 57.8 Å². The Balaban J connectivity index is 1.99. The second kappa shape index (κ2) is 11.9. The zero-order chi connectivity index (χ0) is 16.0. The summed E-state index contributed by atoms with van der Waals surface area (Å²) in [5.41, 5.74) is 0.249. The summed E-state index contributed by atoms with van der Waals surface area (Å²) in [6.45, 7) is 0.961. The van der Waals surface area contributed by atoms with Gasteiger partial charge in [0, 0.05) is 12.7 Å². The number of ether oxygens (including phenoxy) is 1. The summed E-state index contributed by atoms with van der Waals surface area (Å²) in [7, 11) is 0. The molecule has 0 saturated heterocycles. The van der Waals surface area contributed by atoms with Crippen LogP contribution in [0.2, 0.25) is 0 Å². The predicted molar refractivity (Wildman–Crippen MR) is 87.0 cm³/mol. The van der Waals surface area contributed by atoms with E-state index >= 15 is 0 Å². The number of hydrogen-bond acceptors (Lipinski definition) is 4. The zero-order valence-electron chi connectivity index (χ0n) is 13.3. The first-order chi connectivity index (χ1) is 10.8. The Labute approximate surface area is 133 Å². The van der Waals surface area contributed by atoms with Crippen LogP contribution in [-0.2, 0) is 0 Å². The molecule has 0 spiro atoms. The lowest BCUT2D eigenvalue weighted by Crippen LogP contribution is -1.97. The van der Waals surface area contributed by atoms with Crippen LogP contribution in [0.1, 0.15) is 63.4 Å². The minimum absolute atomic E-state index is 0.00570. The number of phenols is 1. The Hall–Kier alpha value is -1.73. The lowest BCUT2D eigenvalue weighted by atomic mass is 10.1. The van der Waals surface area contributed by atoms with Crippen molar-refractivity contribution < 1.29 is 14.9 Å². The molecule has 1 aromatic carbocycles. The Kier molecular flexibility index (Phi) is 9.89. The number of aliphatic hydroxyl groups excluding tert-OH is 1. The lowest BCUT2D eigenvalue weighted by Gasteiger charge is -2.07. The fourth-order valence-electron chi connectivity index (χ4n) is 2.34. The van der Waals surface area contributed by atoms with E-state index in [-0.39, 0.29) is 11.3 Å². The number of benzene rings is 1. The van der Waals surface area contributed by atoms with E-state index in [0.717, 1.165) is 25.7 Å². The maximum atomic E-state index is 9.40. The number of aromatic hydroxyl groups is 1. The second-order valence-electron chi connectivity index (χ2n) is 5.54. The van der Waals surface area contributed by atoms with Crippen molar-refractivity contribution in [2.24, 2.45) is 0 Å². The van der Waals surface area contributed by atoms with Crippen molar-refractivity contribution in [3.05, 3.63) is 23.8 Å². The highest BCUT2D eigenvalue weighted by molar-refractivity contribution is 5.46. The van der Waals surface area contributed by atoms with Gasteiger partial charge in [0.1, 0.15) is 17.6 Å². The van der Waals surface area contributed by atoms with Crippen molar-refractivity contribution in [3.63, 3.8) is 0 Å². The molecule has 0 atom stereocenters. The molecule has 1 rings (SSSR count). The summed E-state index contributed by atoms with van der Waals surface area (Å²) >= 11 is 0. The number of unbranched alkanes of at least 4 members (excludes halogenated alkanes) is 8. The van der Waals surface area contributed by atoms with Crippen LogP contribution in [0.25, 0.3) is 0 Å². The van der Waals surface area contributed by atoms with Crippen LogP contribution < -0.4 is 4.74 Å². The van der Waals surface area contributed by atoms with E-state index < -0.39 is 0 Å². The van der Waals surface area contributed by atoms with E-state index in [2.05, 4.69) is 0 Å². The molecule has 0 aliphatic heterocycles. The third-order valence-electron chi connectivity index (χ3n) is 3.66. The van der Waals surface area contributed by atoms with Crippen molar-refractivity contribution >= 4 is 0 Å². The van der Waals surface area contributed by atoms with Crippen LogP contribution >= 0.6 is 0 Å². The van der Waals surface area contributed by atoms with E-state index in [1.165, 1.54) is 38.2 Å². The first-order valence-corrected chi connectivity index (χ1v) is 8.24. The normalized spacial score (nSPS) is 10.4. The third kappa shape index (κ3) is 7.90. The second-order valence-corrected chi connectivity index (χ2v) is 5.54. The number of rotatable bonds is 12. The Morgan fingerprint density at radius 2 is 1.50 bits per heavy atom. The molecule has 4 nitrogen and oxygen atoms in total. The standard InChI is InChI=1S/C18H27NO3/c19-15-16-14-17(10-11-18(16)21)22-13-9-7-5-3-1-2-4-6-8-12-20/h10-11,14,20-21H,1-9,12-13H2. The van der Waals surface area contributed by atoms with Gasteiger partial charge in [-0.2, -0.15) is 5.26 Å². The van der Waals surface area contributed by atoms with Gasteiger partial charge in [0.05, 0.1) is 12.2 Å². The quantitative estimate of drug-likeness (QED) is 0.569. The predicted octanol–water partition coefficient (Wildman–Crippen LogP) is 4.15. The lowest BCUT2D eigenvalue weighted by molar-refractivity contribution is 0.282. The summed E-state index contributed by atoms with van der Waals surface area (Å²) in [5, 5.41) is 26.9. The maximum Gasteiger partial charge on any atom is 0.133 e. The average molecular weight is 305 g/mol. The van der Waals surface area contributed by atoms with Crippen LogP contribution in [0.5, 0.6) is 11.5 Å². The van der Waals surface area contributed by atoms with Crippen LogP contribution in [0, 0.1) is 11.3 Å². The zero-order valence-corrected chi connectivity index (χ0v) is 13.3. The van der Waals surface area contributed by atoms with E-state index in [9.17, 15) is 5.11 Å². The number of phenolic OH excluding ortho intramolecular Hbond substituents is 1. The Bertz CT molecular complexity index is 454. The van der Waals surface area contributed by atoms with Crippen LogP contribution in [0.4, 0.5) is 0 Å². The molecule has 0 aromatic heterocycles. The number of nitriles is 1. The monoisotopic (exact) mass is 305 g/mol. The number of aliphatic hydroxyl groups is 1. The van der Waals surface area contributed by atoms with Gasteiger partial charge in [-0.25, -0.2) is 0 Å². The molecule has 2 N–H and O–H groups in total. The SMILES string of the molecule is N#Cc1cc(OCCCCCCCCCCCO)ccc1O. The fraction of sp³-hybridized carbons (Fsp3) is 0.611. The maximum absolute atomic E-state index is 9.40. The molecule has 1 aromatic rings. The minimum Gasteiger partial charge on any atom is -0.507 e. The molecule has 0 amide bonds. The van der Waals surface area contributed by atoms with Gasteiger partial charge in [0.2, 0.25) is 0 Å². The third-order valence-corrected chi connectivity index (χ3v) is 3.66.